The van der Waals surface area contributed by atoms with E-state index in [1.165, 1.54) is 12.8 Å². The van der Waals surface area contributed by atoms with E-state index in [1.807, 2.05) is 36.0 Å². The number of benzene rings is 1. The van der Waals surface area contributed by atoms with E-state index < -0.39 is 6.09 Å². The van der Waals surface area contributed by atoms with Crippen molar-refractivity contribution in [2.24, 2.45) is 7.05 Å². The molecule has 0 bridgehead atoms. The molecular formula is C15H17N3O2. The SMILES string of the molecule is Cn1nc(NC(=O)Oc2ccccc2)cc1C1(C)CC1. The quantitative estimate of drug-likeness (QED) is 0.933. The summed E-state index contributed by atoms with van der Waals surface area (Å²) in [6.45, 7) is 2.20. The molecule has 1 aliphatic rings. The van der Waals surface area contributed by atoms with Gasteiger partial charge in [-0.25, -0.2) is 4.79 Å². The van der Waals surface area contributed by atoms with Crippen LogP contribution in [0.4, 0.5) is 10.6 Å². The van der Waals surface area contributed by atoms with E-state index >= 15 is 0 Å². The molecule has 0 unspecified atom stereocenters. The highest BCUT2D eigenvalue weighted by Gasteiger charge is 2.41. The molecule has 0 radical (unpaired) electrons. The van der Waals surface area contributed by atoms with Gasteiger partial charge in [-0.2, -0.15) is 5.10 Å². The topological polar surface area (TPSA) is 56.2 Å². The van der Waals surface area contributed by atoms with E-state index in [-0.39, 0.29) is 5.41 Å². The minimum absolute atomic E-state index is 0.213. The van der Waals surface area contributed by atoms with E-state index in [4.69, 9.17) is 4.74 Å². The number of aromatic nitrogens is 2. The van der Waals surface area contributed by atoms with Crippen LogP contribution in [0, 0.1) is 0 Å². The average molecular weight is 271 g/mol. The highest BCUT2D eigenvalue weighted by atomic mass is 16.6. The first-order valence-corrected chi connectivity index (χ1v) is 6.65. The number of hydrogen-bond acceptors (Lipinski definition) is 3. The van der Waals surface area contributed by atoms with E-state index in [0.717, 1.165) is 5.69 Å². The number of aryl methyl sites for hydroxylation is 1. The number of anilines is 1. The summed E-state index contributed by atoms with van der Waals surface area (Å²) in [6.07, 6.45) is 1.81. The van der Waals surface area contributed by atoms with Crippen LogP contribution in [0.3, 0.4) is 0 Å². The fourth-order valence-electron chi connectivity index (χ4n) is 2.26. The van der Waals surface area contributed by atoms with Gasteiger partial charge in [-0.05, 0) is 25.0 Å². The van der Waals surface area contributed by atoms with Gasteiger partial charge in [0.15, 0.2) is 5.82 Å². The molecule has 1 heterocycles. The van der Waals surface area contributed by atoms with Gasteiger partial charge in [-0.1, -0.05) is 25.1 Å². The van der Waals surface area contributed by atoms with Crippen LogP contribution in [-0.2, 0) is 12.5 Å². The first-order valence-electron chi connectivity index (χ1n) is 6.65. The molecule has 3 rings (SSSR count). The molecular weight excluding hydrogens is 254 g/mol. The second-order valence-electron chi connectivity index (χ2n) is 5.43. The fourth-order valence-corrected chi connectivity index (χ4v) is 2.26. The lowest BCUT2D eigenvalue weighted by molar-refractivity contribution is 0.215. The number of carbonyl (C=O) groups excluding carboxylic acids is 1. The maximum atomic E-state index is 11.8. The highest BCUT2D eigenvalue weighted by Crippen LogP contribution is 2.47. The van der Waals surface area contributed by atoms with E-state index in [0.29, 0.717) is 11.6 Å². The summed E-state index contributed by atoms with van der Waals surface area (Å²) in [5.74, 6) is 1.03. The Balaban J connectivity index is 1.67. The number of rotatable bonds is 3. The van der Waals surface area contributed by atoms with Crippen molar-refractivity contribution in [1.29, 1.82) is 0 Å². The Kier molecular flexibility index (Phi) is 2.97. The summed E-state index contributed by atoms with van der Waals surface area (Å²) in [6, 6.07) is 10.9. The van der Waals surface area contributed by atoms with Crippen LogP contribution in [0.2, 0.25) is 0 Å². The van der Waals surface area contributed by atoms with Gasteiger partial charge in [0.25, 0.3) is 0 Å². The molecule has 0 spiro atoms. The molecule has 1 aromatic heterocycles. The summed E-state index contributed by atoms with van der Waals surface area (Å²) in [5, 5.41) is 6.96. The molecule has 1 N–H and O–H groups in total. The molecule has 1 aromatic carbocycles. The summed E-state index contributed by atoms with van der Waals surface area (Å²) in [4.78, 5) is 11.8. The lowest BCUT2D eigenvalue weighted by Gasteiger charge is -2.06. The van der Waals surface area contributed by atoms with E-state index in [1.54, 1.807) is 12.1 Å². The normalized spacial score (nSPS) is 15.7. The van der Waals surface area contributed by atoms with Gasteiger partial charge >= 0.3 is 6.09 Å². The predicted octanol–water partition coefficient (Wildman–Crippen LogP) is 3.08. The molecule has 104 valence electrons. The Hall–Kier alpha value is -2.30. The van der Waals surface area contributed by atoms with Crippen molar-refractivity contribution in [2.75, 3.05) is 5.32 Å². The molecule has 5 heteroatoms. The smallest absolute Gasteiger partial charge is 0.410 e. The van der Waals surface area contributed by atoms with Crippen LogP contribution in [0.1, 0.15) is 25.5 Å². The van der Waals surface area contributed by atoms with Crippen molar-refractivity contribution in [3.05, 3.63) is 42.1 Å². The number of nitrogens with one attached hydrogen (secondary N) is 1. The van der Waals surface area contributed by atoms with Crippen LogP contribution < -0.4 is 10.1 Å². The van der Waals surface area contributed by atoms with Gasteiger partial charge in [0.05, 0.1) is 0 Å². The Labute approximate surface area is 117 Å². The first-order chi connectivity index (χ1) is 9.57. The van der Waals surface area contributed by atoms with Crippen molar-refractivity contribution in [3.63, 3.8) is 0 Å². The predicted molar refractivity (Wildman–Crippen MR) is 75.9 cm³/mol. The van der Waals surface area contributed by atoms with Crippen LogP contribution >= 0.6 is 0 Å². The number of ether oxygens (including phenoxy) is 1. The van der Waals surface area contributed by atoms with Crippen LogP contribution in [0.25, 0.3) is 0 Å². The van der Waals surface area contributed by atoms with Crippen molar-refractivity contribution in [1.82, 2.24) is 9.78 Å². The van der Waals surface area contributed by atoms with Crippen molar-refractivity contribution in [2.45, 2.75) is 25.2 Å². The van der Waals surface area contributed by atoms with E-state index in [2.05, 4.69) is 17.3 Å². The number of amides is 1. The summed E-state index contributed by atoms with van der Waals surface area (Å²) >= 11 is 0. The average Bonchev–Trinajstić information content (AvgIpc) is 3.04. The molecule has 20 heavy (non-hydrogen) atoms. The lowest BCUT2D eigenvalue weighted by atomic mass is 10.1. The molecule has 0 aliphatic heterocycles. The molecule has 0 saturated heterocycles. The molecule has 1 aliphatic carbocycles. The molecule has 2 aromatic rings. The Morgan fingerprint density at radius 3 is 2.70 bits per heavy atom. The summed E-state index contributed by atoms with van der Waals surface area (Å²) < 4.78 is 6.99. The number of hydrogen-bond donors (Lipinski definition) is 1. The first kappa shape index (κ1) is 12.7. The van der Waals surface area contributed by atoms with Crippen molar-refractivity contribution < 1.29 is 9.53 Å². The third-order valence-corrected chi connectivity index (χ3v) is 3.68. The fraction of sp³-hybridized carbons (Fsp3) is 0.333. The van der Waals surface area contributed by atoms with Crippen molar-refractivity contribution in [3.8, 4) is 5.75 Å². The summed E-state index contributed by atoms with van der Waals surface area (Å²) in [5.41, 5.74) is 1.36. The number of carbonyl (C=O) groups is 1. The summed E-state index contributed by atoms with van der Waals surface area (Å²) in [7, 11) is 1.90. The van der Waals surface area contributed by atoms with Gasteiger partial charge in [-0.3, -0.25) is 10.00 Å². The Bertz CT molecular complexity index is 630. The number of nitrogens with zero attached hydrogens (tertiary/aromatic N) is 2. The standard InChI is InChI=1S/C15H17N3O2/c1-15(8-9-15)12-10-13(17-18(12)2)16-14(19)20-11-6-4-3-5-7-11/h3-7,10H,8-9H2,1-2H3,(H,16,17,19). The second-order valence-corrected chi connectivity index (χ2v) is 5.43. The monoisotopic (exact) mass is 271 g/mol. The Morgan fingerprint density at radius 2 is 2.05 bits per heavy atom. The molecule has 1 saturated carbocycles. The third-order valence-electron chi connectivity index (χ3n) is 3.68. The largest absolute Gasteiger partial charge is 0.418 e. The van der Waals surface area contributed by atoms with Crippen LogP contribution in [0.5, 0.6) is 5.75 Å². The molecule has 0 atom stereocenters. The zero-order valence-corrected chi connectivity index (χ0v) is 11.6. The lowest BCUT2D eigenvalue weighted by Crippen LogP contribution is -2.17. The van der Waals surface area contributed by atoms with Gasteiger partial charge in [0, 0.05) is 24.2 Å². The zero-order chi connectivity index (χ0) is 14.2. The van der Waals surface area contributed by atoms with Gasteiger partial charge in [0.1, 0.15) is 5.75 Å². The van der Waals surface area contributed by atoms with Gasteiger partial charge < -0.3 is 4.74 Å². The Morgan fingerprint density at radius 1 is 1.35 bits per heavy atom. The molecule has 5 nitrogen and oxygen atoms in total. The van der Waals surface area contributed by atoms with Crippen LogP contribution in [0.15, 0.2) is 36.4 Å². The molecule has 1 fully saturated rings. The number of para-hydroxylation sites is 1. The minimum Gasteiger partial charge on any atom is -0.410 e. The van der Waals surface area contributed by atoms with Crippen LogP contribution in [-0.4, -0.2) is 15.9 Å². The van der Waals surface area contributed by atoms with Gasteiger partial charge in [-0.15, -0.1) is 0 Å². The minimum atomic E-state index is -0.526. The van der Waals surface area contributed by atoms with E-state index in [9.17, 15) is 4.79 Å². The third kappa shape index (κ3) is 2.52. The second kappa shape index (κ2) is 4.67. The maximum absolute atomic E-state index is 11.8. The molecule has 1 amide bonds. The van der Waals surface area contributed by atoms with Crippen molar-refractivity contribution >= 4 is 11.9 Å². The maximum Gasteiger partial charge on any atom is 0.418 e. The van der Waals surface area contributed by atoms with Gasteiger partial charge in [0.2, 0.25) is 0 Å². The highest BCUT2D eigenvalue weighted by molar-refractivity contribution is 5.85. The zero-order valence-electron chi connectivity index (χ0n) is 11.6.